The maximum atomic E-state index is 14.3. The number of ether oxygens (including phenoxy) is 1. The lowest BCUT2D eigenvalue weighted by atomic mass is 10.0. The Morgan fingerprint density at radius 1 is 1.46 bits per heavy atom. The number of aryl methyl sites for hydroxylation is 2. The Hall–Kier alpha value is -2.59. The smallest absolute Gasteiger partial charge is 0.216 e. The molecule has 0 aliphatic carbocycles. The van der Waals surface area contributed by atoms with Gasteiger partial charge in [0.2, 0.25) is 5.88 Å². The zero-order valence-electron chi connectivity index (χ0n) is 15.4. The zero-order chi connectivity index (χ0) is 18.7. The average Bonchev–Trinajstić information content (AvgIpc) is 2.92. The molecule has 0 bridgehead atoms. The molecule has 0 spiro atoms. The van der Waals surface area contributed by atoms with Gasteiger partial charge in [-0.05, 0) is 38.0 Å². The van der Waals surface area contributed by atoms with E-state index >= 15 is 0 Å². The van der Waals surface area contributed by atoms with E-state index in [4.69, 9.17) is 10.00 Å². The highest BCUT2D eigenvalue weighted by Gasteiger charge is 2.23. The summed E-state index contributed by atoms with van der Waals surface area (Å²) >= 11 is 0. The first-order valence-corrected chi connectivity index (χ1v) is 8.78. The Kier molecular flexibility index (Phi) is 5.43. The van der Waals surface area contributed by atoms with Crippen LogP contribution in [0.15, 0.2) is 18.2 Å². The Morgan fingerprint density at radius 3 is 2.96 bits per heavy atom. The molecule has 138 valence electrons. The molecule has 26 heavy (non-hydrogen) atoms. The number of nitriles is 1. The molecular weight excluding hydrogens is 333 g/mol. The fourth-order valence-electron chi connectivity index (χ4n) is 3.58. The molecule has 7 heteroatoms. The third kappa shape index (κ3) is 3.65. The monoisotopic (exact) mass is 357 g/mol. The van der Waals surface area contributed by atoms with Crippen molar-refractivity contribution < 1.29 is 9.13 Å². The lowest BCUT2D eigenvalue weighted by Crippen LogP contribution is -2.45. The van der Waals surface area contributed by atoms with Crippen molar-refractivity contribution in [2.24, 2.45) is 7.05 Å². The minimum absolute atomic E-state index is 0.253. The molecule has 1 aromatic carbocycles. The molecule has 1 N–H and O–H groups in total. The first kappa shape index (κ1) is 18.2. The molecule has 3 rings (SSSR count). The normalized spacial score (nSPS) is 17.2. The highest BCUT2D eigenvalue weighted by molar-refractivity contribution is 5.51. The summed E-state index contributed by atoms with van der Waals surface area (Å²) in [4.78, 5) is 2.05. The number of anilines is 1. The van der Waals surface area contributed by atoms with E-state index in [-0.39, 0.29) is 11.9 Å². The molecule has 0 radical (unpaired) electrons. The number of nitrogens with one attached hydrogen (secondary N) is 1. The SMILES string of the molecule is COc1c(CN[C@@H]2CCCN(c3ccc(C#N)cc3F)C2)c(C)nn1C. The van der Waals surface area contributed by atoms with E-state index in [1.807, 2.05) is 24.9 Å². The van der Waals surface area contributed by atoms with E-state index in [1.54, 1.807) is 23.9 Å². The van der Waals surface area contributed by atoms with Gasteiger partial charge in [-0.3, -0.25) is 0 Å². The van der Waals surface area contributed by atoms with Crippen LogP contribution in [0.2, 0.25) is 0 Å². The minimum Gasteiger partial charge on any atom is -0.481 e. The number of aromatic nitrogens is 2. The zero-order valence-corrected chi connectivity index (χ0v) is 15.4. The summed E-state index contributed by atoms with van der Waals surface area (Å²) in [6.45, 7) is 4.18. The maximum Gasteiger partial charge on any atom is 0.216 e. The first-order chi connectivity index (χ1) is 12.5. The Balaban J connectivity index is 1.67. The fourth-order valence-corrected chi connectivity index (χ4v) is 3.58. The lowest BCUT2D eigenvalue weighted by molar-refractivity contribution is 0.363. The Bertz CT molecular complexity index is 826. The van der Waals surface area contributed by atoms with Crippen molar-refractivity contribution >= 4 is 5.69 Å². The molecule has 1 aliphatic heterocycles. The van der Waals surface area contributed by atoms with Gasteiger partial charge in [-0.1, -0.05) is 0 Å². The van der Waals surface area contributed by atoms with E-state index in [0.717, 1.165) is 43.1 Å². The number of rotatable bonds is 5. The second kappa shape index (κ2) is 7.75. The summed E-state index contributed by atoms with van der Waals surface area (Å²) in [6.07, 6.45) is 2.02. The van der Waals surface area contributed by atoms with Crippen LogP contribution in [0.25, 0.3) is 0 Å². The van der Waals surface area contributed by atoms with E-state index in [9.17, 15) is 4.39 Å². The second-order valence-corrected chi connectivity index (χ2v) is 6.64. The van der Waals surface area contributed by atoms with Gasteiger partial charge in [-0.15, -0.1) is 0 Å². The van der Waals surface area contributed by atoms with Gasteiger partial charge < -0.3 is 15.0 Å². The topological polar surface area (TPSA) is 66.1 Å². The molecule has 2 aromatic rings. The molecule has 1 fully saturated rings. The van der Waals surface area contributed by atoms with E-state index in [1.165, 1.54) is 6.07 Å². The van der Waals surface area contributed by atoms with Crippen LogP contribution >= 0.6 is 0 Å². The van der Waals surface area contributed by atoms with Crippen molar-refractivity contribution in [3.63, 3.8) is 0 Å². The molecule has 0 unspecified atom stereocenters. The number of benzene rings is 1. The standard InChI is InChI=1S/C19H24FN5O/c1-13-16(19(26-3)24(2)23-13)11-22-15-5-4-8-25(12-15)18-7-6-14(10-21)9-17(18)20/h6-7,9,15,22H,4-5,8,11-12H2,1-3H3/t15-/m1/s1. The van der Waals surface area contributed by atoms with Crippen molar-refractivity contribution in [1.29, 1.82) is 5.26 Å². The molecule has 6 nitrogen and oxygen atoms in total. The number of methoxy groups -OCH3 is 1. The molecule has 0 saturated carbocycles. The van der Waals surface area contributed by atoms with Crippen molar-refractivity contribution in [2.45, 2.75) is 32.4 Å². The van der Waals surface area contributed by atoms with Crippen LogP contribution in [0, 0.1) is 24.1 Å². The number of halogens is 1. The van der Waals surface area contributed by atoms with E-state index in [0.29, 0.717) is 17.8 Å². The number of hydrogen-bond donors (Lipinski definition) is 1. The largest absolute Gasteiger partial charge is 0.481 e. The van der Waals surface area contributed by atoms with Gasteiger partial charge in [0.05, 0.1) is 35.7 Å². The number of piperidine rings is 1. The van der Waals surface area contributed by atoms with Gasteiger partial charge in [0.25, 0.3) is 0 Å². The highest BCUT2D eigenvalue weighted by atomic mass is 19.1. The Morgan fingerprint density at radius 2 is 2.27 bits per heavy atom. The van der Waals surface area contributed by atoms with Crippen molar-refractivity contribution in [2.75, 3.05) is 25.1 Å². The molecule has 2 heterocycles. The third-order valence-corrected chi connectivity index (χ3v) is 4.89. The van der Waals surface area contributed by atoms with Crippen LogP contribution in [-0.2, 0) is 13.6 Å². The fraction of sp³-hybridized carbons (Fsp3) is 0.474. The van der Waals surface area contributed by atoms with E-state index in [2.05, 4.69) is 10.4 Å². The van der Waals surface area contributed by atoms with Crippen LogP contribution in [0.5, 0.6) is 5.88 Å². The first-order valence-electron chi connectivity index (χ1n) is 8.78. The second-order valence-electron chi connectivity index (χ2n) is 6.64. The molecule has 1 atom stereocenters. The van der Waals surface area contributed by atoms with Crippen LogP contribution in [0.3, 0.4) is 0 Å². The predicted octanol–water partition coefficient (Wildman–Crippen LogP) is 2.51. The van der Waals surface area contributed by atoms with Gasteiger partial charge >= 0.3 is 0 Å². The molecular formula is C19H24FN5O. The quantitative estimate of drug-likeness (QED) is 0.891. The van der Waals surface area contributed by atoms with Crippen LogP contribution in [0.4, 0.5) is 10.1 Å². The van der Waals surface area contributed by atoms with Crippen molar-refractivity contribution in [3.05, 3.63) is 40.8 Å². The summed E-state index contributed by atoms with van der Waals surface area (Å²) in [6, 6.07) is 6.89. The third-order valence-electron chi connectivity index (χ3n) is 4.89. The minimum atomic E-state index is -0.338. The maximum absolute atomic E-state index is 14.3. The molecule has 0 amide bonds. The highest BCUT2D eigenvalue weighted by Crippen LogP contribution is 2.25. The molecule has 1 aliphatic rings. The average molecular weight is 357 g/mol. The van der Waals surface area contributed by atoms with Gasteiger partial charge in [-0.2, -0.15) is 10.4 Å². The summed E-state index contributed by atoms with van der Waals surface area (Å²) in [5.74, 6) is 0.426. The summed E-state index contributed by atoms with van der Waals surface area (Å²) < 4.78 is 21.5. The Labute approximate surface area is 153 Å². The number of nitrogens with zero attached hydrogens (tertiary/aromatic N) is 4. The number of hydrogen-bond acceptors (Lipinski definition) is 5. The summed E-state index contributed by atoms with van der Waals surface area (Å²) in [5, 5.41) is 16.9. The van der Waals surface area contributed by atoms with Gasteiger partial charge in [-0.25, -0.2) is 9.07 Å². The van der Waals surface area contributed by atoms with E-state index < -0.39 is 0 Å². The summed E-state index contributed by atoms with van der Waals surface area (Å²) in [7, 11) is 3.52. The van der Waals surface area contributed by atoms with Gasteiger partial charge in [0.1, 0.15) is 5.82 Å². The lowest BCUT2D eigenvalue weighted by Gasteiger charge is -2.35. The summed E-state index contributed by atoms with van der Waals surface area (Å²) in [5.41, 5.74) is 2.90. The molecule has 1 saturated heterocycles. The van der Waals surface area contributed by atoms with Crippen LogP contribution < -0.4 is 15.0 Å². The van der Waals surface area contributed by atoms with Crippen LogP contribution in [0.1, 0.15) is 29.7 Å². The van der Waals surface area contributed by atoms with Gasteiger partial charge in [0, 0.05) is 32.7 Å². The van der Waals surface area contributed by atoms with Crippen molar-refractivity contribution in [3.8, 4) is 11.9 Å². The van der Waals surface area contributed by atoms with Crippen LogP contribution in [-0.4, -0.2) is 36.0 Å². The molecule has 1 aromatic heterocycles. The predicted molar refractivity (Wildman–Crippen MR) is 97.7 cm³/mol. The van der Waals surface area contributed by atoms with Gasteiger partial charge in [0.15, 0.2) is 0 Å². The van der Waals surface area contributed by atoms with Crippen molar-refractivity contribution in [1.82, 2.24) is 15.1 Å².